The molecule has 0 aromatic rings. The number of hydrogen-bond donors (Lipinski definition) is 2. The highest BCUT2D eigenvalue weighted by atomic mass is 16.4. The lowest BCUT2D eigenvalue weighted by Gasteiger charge is -2.18. The van der Waals surface area contributed by atoms with E-state index in [1.165, 1.54) is 0 Å². The highest BCUT2D eigenvalue weighted by molar-refractivity contribution is 5.85. The molecule has 1 amide bonds. The number of aliphatic carboxylic acids is 1. The normalized spacial score (nSPS) is 29.6. The van der Waals surface area contributed by atoms with Crippen LogP contribution in [0.15, 0.2) is 12.7 Å². The molecule has 1 fully saturated rings. The molecule has 0 heterocycles. The summed E-state index contributed by atoms with van der Waals surface area (Å²) in [6.07, 6.45) is 3.72. The maximum absolute atomic E-state index is 12.0. The molecule has 0 spiro atoms. The van der Waals surface area contributed by atoms with Gasteiger partial charge in [-0.05, 0) is 32.1 Å². The molecular weight excluding hydrogens is 218 g/mol. The first kappa shape index (κ1) is 13.7. The van der Waals surface area contributed by atoms with Crippen LogP contribution in [0.3, 0.4) is 0 Å². The number of nitrogens with one attached hydrogen (secondary N) is 1. The molecule has 1 aliphatic rings. The molecule has 0 radical (unpaired) electrons. The van der Waals surface area contributed by atoms with Crippen LogP contribution in [0, 0.1) is 17.8 Å². The molecule has 0 saturated heterocycles. The van der Waals surface area contributed by atoms with E-state index < -0.39 is 11.9 Å². The summed E-state index contributed by atoms with van der Waals surface area (Å²) in [5, 5.41) is 11.9. The molecule has 2 N–H and O–H groups in total. The molecule has 0 aliphatic heterocycles. The third kappa shape index (κ3) is 3.58. The van der Waals surface area contributed by atoms with Gasteiger partial charge in [-0.25, -0.2) is 0 Å². The largest absolute Gasteiger partial charge is 0.481 e. The molecule has 1 rings (SSSR count). The van der Waals surface area contributed by atoms with E-state index in [0.29, 0.717) is 25.2 Å². The summed E-state index contributed by atoms with van der Waals surface area (Å²) < 4.78 is 0. The summed E-state index contributed by atoms with van der Waals surface area (Å²) in [4.78, 5) is 23.1. The molecule has 96 valence electrons. The second-order valence-corrected chi connectivity index (χ2v) is 5.06. The number of carbonyl (C=O) groups excluding carboxylic acids is 1. The van der Waals surface area contributed by atoms with Gasteiger partial charge in [0.1, 0.15) is 0 Å². The van der Waals surface area contributed by atoms with Crippen LogP contribution in [0.2, 0.25) is 0 Å². The van der Waals surface area contributed by atoms with Crippen molar-refractivity contribution in [1.82, 2.24) is 5.32 Å². The minimum atomic E-state index is -0.856. The molecular formula is C13H21NO3. The van der Waals surface area contributed by atoms with Gasteiger partial charge in [0.05, 0.1) is 11.8 Å². The van der Waals surface area contributed by atoms with Gasteiger partial charge >= 0.3 is 5.97 Å². The quantitative estimate of drug-likeness (QED) is 0.719. The predicted octanol–water partition coefficient (Wildman–Crippen LogP) is 1.81. The summed E-state index contributed by atoms with van der Waals surface area (Å²) in [6, 6.07) is 0.0188. The van der Waals surface area contributed by atoms with Crippen molar-refractivity contribution in [2.75, 3.05) is 0 Å². The first-order chi connectivity index (χ1) is 7.95. The SMILES string of the molecule is C=CCC(C)NC(=O)C1CC(C)CC1C(=O)O. The third-order valence-corrected chi connectivity index (χ3v) is 3.36. The van der Waals surface area contributed by atoms with Gasteiger partial charge in [0.2, 0.25) is 5.91 Å². The van der Waals surface area contributed by atoms with Crippen LogP contribution in [0.1, 0.15) is 33.1 Å². The van der Waals surface area contributed by atoms with Gasteiger partial charge in [-0.3, -0.25) is 9.59 Å². The zero-order valence-electron chi connectivity index (χ0n) is 10.5. The molecule has 1 saturated carbocycles. The Morgan fingerprint density at radius 1 is 1.47 bits per heavy atom. The van der Waals surface area contributed by atoms with Crippen LogP contribution >= 0.6 is 0 Å². The second kappa shape index (κ2) is 5.84. The summed E-state index contributed by atoms with van der Waals surface area (Å²) in [7, 11) is 0. The van der Waals surface area contributed by atoms with Crippen molar-refractivity contribution in [3.63, 3.8) is 0 Å². The van der Waals surface area contributed by atoms with Crippen molar-refractivity contribution in [3.8, 4) is 0 Å². The van der Waals surface area contributed by atoms with Crippen molar-refractivity contribution in [2.45, 2.75) is 39.2 Å². The summed E-state index contributed by atoms with van der Waals surface area (Å²) in [5.41, 5.74) is 0. The maximum Gasteiger partial charge on any atom is 0.307 e. The zero-order valence-corrected chi connectivity index (χ0v) is 10.5. The maximum atomic E-state index is 12.0. The molecule has 4 nitrogen and oxygen atoms in total. The van der Waals surface area contributed by atoms with E-state index in [1.54, 1.807) is 6.08 Å². The van der Waals surface area contributed by atoms with Crippen LogP contribution in [-0.4, -0.2) is 23.0 Å². The fourth-order valence-electron chi connectivity index (χ4n) is 2.51. The van der Waals surface area contributed by atoms with E-state index in [4.69, 9.17) is 5.11 Å². The standard InChI is InChI=1S/C13H21NO3/c1-4-5-9(3)14-12(15)10-6-8(2)7-11(10)13(16)17/h4,8-11H,1,5-7H2,2-3H3,(H,14,15)(H,16,17). The van der Waals surface area contributed by atoms with E-state index in [0.717, 1.165) is 0 Å². The van der Waals surface area contributed by atoms with Gasteiger partial charge in [-0.15, -0.1) is 6.58 Å². The number of carbonyl (C=O) groups is 2. The fourth-order valence-corrected chi connectivity index (χ4v) is 2.51. The van der Waals surface area contributed by atoms with Crippen LogP contribution in [0.4, 0.5) is 0 Å². The summed E-state index contributed by atoms with van der Waals surface area (Å²) in [5.74, 6) is -1.58. The highest BCUT2D eigenvalue weighted by Crippen LogP contribution is 2.36. The van der Waals surface area contributed by atoms with Crippen molar-refractivity contribution in [2.24, 2.45) is 17.8 Å². The Bertz CT molecular complexity index is 314. The van der Waals surface area contributed by atoms with Gasteiger partial charge in [-0.1, -0.05) is 13.0 Å². The van der Waals surface area contributed by atoms with E-state index in [2.05, 4.69) is 11.9 Å². The molecule has 4 unspecified atom stereocenters. The average Bonchev–Trinajstić information content (AvgIpc) is 2.60. The molecule has 4 atom stereocenters. The number of hydrogen-bond acceptors (Lipinski definition) is 2. The Morgan fingerprint density at radius 2 is 2.06 bits per heavy atom. The number of amides is 1. The van der Waals surface area contributed by atoms with Crippen molar-refractivity contribution >= 4 is 11.9 Å². The Labute approximate surface area is 102 Å². The molecule has 0 bridgehead atoms. The van der Waals surface area contributed by atoms with Crippen molar-refractivity contribution in [3.05, 3.63) is 12.7 Å². The monoisotopic (exact) mass is 239 g/mol. The molecule has 17 heavy (non-hydrogen) atoms. The van der Waals surface area contributed by atoms with E-state index >= 15 is 0 Å². The minimum absolute atomic E-state index is 0.0188. The summed E-state index contributed by atoms with van der Waals surface area (Å²) >= 11 is 0. The van der Waals surface area contributed by atoms with Gasteiger partial charge in [0.25, 0.3) is 0 Å². The fraction of sp³-hybridized carbons (Fsp3) is 0.692. The number of carboxylic acid groups (broad SMARTS) is 1. The molecule has 0 aromatic heterocycles. The first-order valence-electron chi connectivity index (χ1n) is 6.09. The minimum Gasteiger partial charge on any atom is -0.481 e. The van der Waals surface area contributed by atoms with Gasteiger partial charge < -0.3 is 10.4 Å². The lowest BCUT2D eigenvalue weighted by molar-refractivity contribution is -0.146. The van der Waals surface area contributed by atoms with E-state index in [9.17, 15) is 9.59 Å². The summed E-state index contributed by atoms with van der Waals surface area (Å²) in [6.45, 7) is 7.51. The third-order valence-electron chi connectivity index (χ3n) is 3.36. The number of rotatable bonds is 5. The van der Waals surface area contributed by atoms with E-state index in [-0.39, 0.29) is 17.9 Å². The average molecular weight is 239 g/mol. The molecule has 4 heteroatoms. The Balaban J connectivity index is 2.61. The smallest absolute Gasteiger partial charge is 0.307 e. The predicted molar refractivity (Wildman–Crippen MR) is 65.4 cm³/mol. The zero-order chi connectivity index (χ0) is 13.0. The Hall–Kier alpha value is -1.32. The van der Waals surface area contributed by atoms with Crippen LogP contribution < -0.4 is 5.32 Å². The first-order valence-corrected chi connectivity index (χ1v) is 6.09. The van der Waals surface area contributed by atoms with E-state index in [1.807, 2.05) is 13.8 Å². The Kier molecular flexibility index (Phi) is 4.73. The van der Waals surface area contributed by atoms with Crippen molar-refractivity contribution in [1.29, 1.82) is 0 Å². The van der Waals surface area contributed by atoms with Crippen LogP contribution in [0.25, 0.3) is 0 Å². The molecule has 1 aliphatic carbocycles. The van der Waals surface area contributed by atoms with Gasteiger partial charge in [0, 0.05) is 6.04 Å². The van der Waals surface area contributed by atoms with Crippen LogP contribution in [-0.2, 0) is 9.59 Å². The Morgan fingerprint density at radius 3 is 2.59 bits per heavy atom. The lowest BCUT2D eigenvalue weighted by atomic mass is 9.95. The second-order valence-electron chi connectivity index (χ2n) is 5.06. The lowest BCUT2D eigenvalue weighted by Crippen LogP contribution is -2.39. The molecule has 0 aromatic carbocycles. The number of carboxylic acids is 1. The topological polar surface area (TPSA) is 66.4 Å². The van der Waals surface area contributed by atoms with Gasteiger partial charge in [-0.2, -0.15) is 0 Å². The highest BCUT2D eigenvalue weighted by Gasteiger charge is 2.41. The van der Waals surface area contributed by atoms with Crippen LogP contribution in [0.5, 0.6) is 0 Å². The van der Waals surface area contributed by atoms with Crippen molar-refractivity contribution < 1.29 is 14.7 Å². The van der Waals surface area contributed by atoms with Gasteiger partial charge in [0.15, 0.2) is 0 Å².